The van der Waals surface area contributed by atoms with Gasteiger partial charge in [0.15, 0.2) is 11.0 Å². The monoisotopic (exact) mass is 490 g/mol. The van der Waals surface area contributed by atoms with Crippen LogP contribution in [0.4, 0.5) is 5.00 Å². The maximum atomic E-state index is 12.7. The highest BCUT2D eigenvalue weighted by Crippen LogP contribution is 2.40. The fraction of sp³-hybridized carbons (Fsp3) is 0.364. The summed E-state index contributed by atoms with van der Waals surface area (Å²) in [5.74, 6) is 0.709. The van der Waals surface area contributed by atoms with E-state index in [9.17, 15) is 9.59 Å². The summed E-state index contributed by atoms with van der Waals surface area (Å²) in [4.78, 5) is 26.3. The number of hydrogen-bond donors (Lipinski definition) is 1. The van der Waals surface area contributed by atoms with Gasteiger partial charge in [0.05, 0.1) is 23.4 Å². The first kappa shape index (κ1) is 22.8. The number of benzene rings is 1. The molecule has 0 saturated carbocycles. The third-order valence-electron chi connectivity index (χ3n) is 5.44. The predicted molar refractivity (Wildman–Crippen MR) is 128 cm³/mol. The first-order valence-corrected chi connectivity index (χ1v) is 12.4. The van der Waals surface area contributed by atoms with E-state index in [1.165, 1.54) is 30.2 Å². The van der Waals surface area contributed by atoms with Crippen LogP contribution < -0.4 is 5.32 Å². The molecule has 1 aliphatic carbocycles. The summed E-state index contributed by atoms with van der Waals surface area (Å²) >= 11 is 9.02. The van der Waals surface area contributed by atoms with Gasteiger partial charge in [0.25, 0.3) is 0 Å². The lowest BCUT2D eigenvalue weighted by molar-refractivity contribution is -0.113. The van der Waals surface area contributed by atoms with Crippen LogP contribution in [-0.4, -0.2) is 39.5 Å². The Morgan fingerprint density at radius 2 is 2.12 bits per heavy atom. The number of methoxy groups -OCH3 is 1. The minimum absolute atomic E-state index is 0.133. The zero-order chi connectivity index (χ0) is 22.8. The molecule has 2 heterocycles. The van der Waals surface area contributed by atoms with Gasteiger partial charge in [-0.05, 0) is 42.9 Å². The third kappa shape index (κ3) is 4.55. The molecule has 4 rings (SSSR count). The highest BCUT2D eigenvalue weighted by atomic mass is 35.5. The van der Waals surface area contributed by atoms with Crippen LogP contribution in [0, 0.1) is 5.92 Å². The topological polar surface area (TPSA) is 86.1 Å². The Bertz CT molecular complexity index is 1170. The van der Waals surface area contributed by atoms with Gasteiger partial charge in [-0.25, -0.2) is 4.79 Å². The van der Waals surface area contributed by atoms with Crippen molar-refractivity contribution >= 4 is 51.6 Å². The summed E-state index contributed by atoms with van der Waals surface area (Å²) in [6.45, 7) is 2.20. The maximum absolute atomic E-state index is 12.7. The van der Waals surface area contributed by atoms with Crippen LogP contribution in [0.1, 0.15) is 34.1 Å². The second-order valence-electron chi connectivity index (χ2n) is 7.73. The largest absolute Gasteiger partial charge is 0.465 e. The summed E-state index contributed by atoms with van der Waals surface area (Å²) in [5.41, 5.74) is 2.29. The summed E-state index contributed by atoms with van der Waals surface area (Å²) in [5, 5.41) is 13.1. The third-order valence-corrected chi connectivity index (χ3v) is 7.96. The number of esters is 1. The lowest BCUT2D eigenvalue weighted by Crippen LogP contribution is -2.17. The maximum Gasteiger partial charge on any atom is 0.341 e. The number of halogens is 1. The van der Waals surface area contributed by atoms with Crippen molar-refractivity contribution in [3.63, 3.8) is 0 Å². The molecule has 0 radical (unpaired) electrons. The molecule has 1 atom stereocenters. The SMILES string of the molecule is COC(=O)c1c(NC(=O)CSc2nnc(-c3ccccc3Cl)n2C)sc2c1CCC(C)C2. The molecule has 2 aromatic heterocycles. The number of aromatic nitrogens is 3. The number of nitrogens with one attached hydrogen (secondary N) is 1. The molecule has 7 nitrogen and oxygen atoms in total. The van der Waals surface area contributed by atoms with E-state index in [1.807, 2.05) is 29.8 Å². The lowest BCUT2D eigenvalue weighted by atomic mass is 9.88. The zero-order valence-corrected chi connectivity index (χ0v) is 20.4. The van der Waals surface area contributed by atoms with Crippen LogP contribution in [0.25, 0.3) is 11.4 Å². The Hall–Kier alpha value is -2.36. The molecule has 1 aliphatic rings. The Morgan fingerprint density at radius 3 is 2.88 bits per heavy atom. The zero-order valence-electron chi connectivity index (χ0n) is 18.0. The normalized spacial score (nSPS) is 15.3. The van der Waals surface area contributed by atoms with Crippen molar-refractivity contribution < 1.29 is 14.3 Å². The number of anilines is 1. The van der Waals surface area contributed by atoms with E-state index in [-0.39, 0.29) is 11.7 Å². The van der Waals surface area contributed by atoms with Gasteiger partial charge in [0, 0.05) is 17.5 Å². The summed E-state index contributed by atoms with van der Waals surface area (Å²) in [6, 6.07) is 7.41. The van der Waals surface area contributed by atoms with Crippen LogP contribution in [-0.2, 0) is 29.4 Å². The highest BCUT2D eigenvalue weighted by Gasteiger charge is 2.29. The van der Waals surface area contributed by atoms with Gasteiger partial charge in [0.2, 0.25) is 5.91 Å². The van der Waals surface area contributed by atoms with Crippen LogP contribution in [0.15, 0.2) is 29.4 Å². The summed E-state index contributed by atoms with van der Waals surface area (Å²) in [7, 11) is 3.20. The molecule has 168 valence electrons. The van der Waals surface area contributed by atoms with Gasteiger partial charge in [0.1, 0.15) is 5.00 Å². The Morgan fingerprint density at radius 1 is 1.34 bits per heavy atom. The first-order chi connectivity index (χ1) is 15.4. The van der Waals surface area contributed by atoms with Crippen molar-refractivity contribution in [1.29, 1.82) is 0 Å². The van der Waals surface area contributed by atoms with E-state index in [4.69, 9.17) is 16.3 Å². The van der Waals surface area contributed by atoms with Gasteiger partial charge >= 0.3 is 5.97 Å². The molecular formula is C22H23ClN4O3S2. The lowest BCUT2D eigenvalue weighted by Gasteiger charge is -2.18. The van der Waals surface area contributed by atoms with E-state index in [0.717, 1.165) is 35.3 Å². The number of amides is 1. The number of carbonyl (C=O) groups excluding carboxylic acids is 2. The molecule has 0 fully saturated rings. The summed E-state index contributed by atoms with van der Waals surface area (Å²) < 4.78 is 6.80. The van der Waals surface area contributed by atoms with Gasteiger partial charge in [-0.3, -0.25) is 4.79 Å². The minimum Gasteiger partial charge on any atom is -0.465 e. The average molecular weight is 491 g/mol. The minimum atomic E-state index is -0.405. The number of thioether (sulfide) groups is 1. The number of carbonyl (C=O) groups is 2. The van der Waals surface area contributed by atoms with E-state index in [0.29, 0.717) is 32.5 Å². The summed E-state index contributed by atoms with van der Waals surface area (Å²) in [6.07, 6.45) is 2.76. The molecular weight excluding hydrogens is 468 g/mol. The highest BCUT2D eigenvalue weighted by molar-refractivity contribution is 7.99. The number of hydrogen-bond acceptors (Lipinski definition) is 7. The van der Waals surface area contributed by atoms with Gasteiger partial charge in [-0.2, -0.15) is 0 Å². The number of fused-ring (bicyclic) bond motifs is 1. The van der Waals surface area contributed by atoms with Gasteiger partial charge in [-0.15, -0.1) is 21.5 Å². The molecule has 1 amide bonds. The molecule has 1 N–H and O–H groups in total. The molecule has 0 spiro atoms. The first-order valence-electron chi connectivity index (χ1n) is 10.2. The van der Waals surface area contributed by atoms with E-state index >= 15 is 0 Å². The van der Waals surface area contributed by atoms with Crippen LogP contribution in [0.5, 0.6) is 0 Å². The number of thiophene rings is 1. The molecule has 0 bridgehead atoms. The molecule has 3 aromatic rings. The molecule has 10 heteroatoms. The van der Waals surface area contributed by atoms with Gasteiger partial charge in [-0.1, -0.05) is 42.4 Å². The van der Waals surface area contributed by atoms with Crippen LogP contribution in [0.3, 0.4) is 0 Å². The quantitative estimate of drug-likeness (QED) is 0.393. The Kier molecular flexibility index (Phi) is 6.88. The predicted octanol–water partition coefficient (Wildman–Crippen LogP) is 4.84. The molecule has 1 aromatic carbocycles. The Labute approximate surface area is 199 Å². The number of rotatable bonds is 6. The van der Waals surface area contributed by atoms with E-state index < -0.39 is 5.97 Å². The number of nitrogens with zero attached hydrogens (tertiary/aromatic N) is 3. The fourth-order valence-electron chi connectivity index (χ4n) is 3.77. The van der Waals surface area contributed by atoms with E-state index in [2.05, 4.69) is 22.4 Å². The van der Waals surface area contributed by atoms with Gasteiger partial charge < -0.3 is 14.6 Å². The van der Waals surface area contributed by atoms with Crippen LogP contribution in [0.2, 0.25) is 5.02 Å². The van der Waals surface area contributed by atoms with Crippen molar-refractivity contribution in [3.8, 4) is 11.4 Å². The second-order valence-corrected chi connectivity index (χ2v) is 10.2. The average Bonchev–Trinajstić information content (AvgIpc) is 3.31. The van der Waals surface area contributed by atoms with E-state index in [1.54, 1.807) is 6.07 Å². The number of ether oxygens (including phenoxy) is 1. The molecule has 0 saturated heterocycles. The standard InChI is InChI=1S/C22H23ClN4O3S2/c1-12-8-9-14-16(10-12)32-20(18(14)21(29)30-3)24-17(28)11-31-22-26-25-19(27(22)2)13-6-4-5-7-15(13)23/h4-7,12H,8-11H2,1-3H3,(H,24,28). The second kappa shape index (κ2) is 9.64. The van der Waals surface area contributed by atoms with Crippen molar-refractivity contribution in [3.05, 3.63) is 45.3 Å². The van der Waals surface area contributed by atoms with Crippen molar-refractivity contribution in [1.82, 2.24) is 14.8 Å². The van der Waals surface area contributed by atoms with Crippen LogP contribution >= 0.6 is 34.7 Å². The molecule has 0 aliphatic heterocycles. The van der Waals surface area contributed by atoms with Crippen molar-refractivity contribution in [2.45, 2.75) is 31.3 Å². The fourth-order valence-corrected chi connectivity index (χ4v) is 6.11. The van der Waals surface area contributed by atoms with Crippen molar-refractivity contribution in [2.75, 3.05) is 18.2 Å². The van der Waals surface area contributed by atoms with Crippen molar-refractivity contribution in [2.24, 2.45) is 13.0 Å². The Balaban J connectivity index is 1.48. The molecule has 1 unspecified atom stereocenters. The molecule has 32 heavy (non-hydrogen) atoms. The smallest absolute Gasteiger partial charge is 0.341 e.